The fraction of sp³-hybridized carbons (Fsp3) is 0.474. The molecule has 1 aliphatic rings. The van der Waals surface area contributed by atoms with E-state index in [9.17, 15) is 9.90 Å². The number of piperidine rings is 1. The van der Waals surface area contributed by atoms with Crippen LogP contribution in [0.4, 0.5) is 5.13 Å². The van der Waals surface area contributed by atoms with Crippen molar-refractivity contribution in [3.05, 3.63) is 46.5 Å². The summed E-state index contributed by atoms with van der Waals surface area (Å²) in [6.45, 7) is 4.93. The van der Waals surface area contributed by atoms with Crippen molar-refractivity contribution in [3.63, 3.8) is 0 Å². The first-order valence-electron chi connectivity index (χ1n) is 8.61. The van der Waals surface area contributed by atoms with Crippen LogP contribution in [0.1, 0.15) is 29.5 Å². The van der Waals surface area contributed by atoms with E-state index in [-0.39, 0.29) is 11.8 Å². The lowest BCUT2D eigenvalue weighted by atomic mass is 9.78. The minimum Gasteiger partial charge on any atom is -0.390 e. The van der Waals surface area contributed by atoms with Crippen molar-refractivity contribution in [2.75, 3.05) is 18.8 Å². The first-order chi connectivity index (χ1) is 11.8. The molecule has 25 heavy (non-hydrogen) atoms. The van der Waals surface area contributed by atoms with E-state index in [1.54, 1.807) is 0 Å². The molecule has 3 N–H and O–H groups in total. The summed E-state index contributed by atoms with van der Waals surface area (Å²) in [5.74, 6) is 0.112. The normalized spacial score (nSPS) is 23.6. The zero-order chi connectivity index (χ0) is 18.0. The number of nitrogen functional groups attached to an aromatic ring is 1. The third-order valence-corrected chi connectivity index (χ3v) is 6.09. The standard InChI is InChI=1S/C19H25N3O2S/c1-13-16(25-18(20)21-13)11-17(23)22-9-8-19(2,24)15(12-22)10-14-6-4-3-5-7-14/h3-7,15,24H,8-12H2,1-2H3,(H2,20,21)/t15-,19+/m0/s1. The molecule has 2 atom stereocenters. The van der Waals surface area contributed by atoms with Crippen molar-refractivity contribution in [3.8, 4) is 0 Å². The van der Waals surface area contributed by atoms with Crippen molar-refractivity contribution in [1.29, 1.82) is 0 Å². The number of likely N-dealkylation sites (tertiary alicyclic amines) is 1. The minimum absolute atomic E-state index is 0.0280. The van der Waals surface area contributed by atoms with Crippen LogP contribution in [0.25, 0.3) is 0 Å². The summed E-state index contributed by atoms with van der Waals surface area (Å²) in [4.78, 5) is 19.7. The Hall–Kier alpha value is -1.92. The van der Waals surface area contributed by atoms with E-state index in [4.69, 9.17) is 5.73 Å². The van der Waals surface area contributed by atoms with Gasteiger partial charge < -0.3 is 15.7 Å². The van der Waals surface area contributed by atoms with Crippen molar-refractivity contribution in [1.82, 2.24) is 9.88 Å². The highest BCUT2D eigenvalue weighted by Gasteiger charge is 2.38. The predicted molar refractivity (Wildman–Crippen MR) is 100 cm³/mol. The number of benzene rings is 1. The van der Waals surface area contributed by atoms with Gasteiger partial charge in [-0.3, -0.25) is 4.79 Å². The van der Waals surface area contributed by atoms with Gasteiger partial charge in [0, 0.05) is 23.9 Å². The summed E-state index contributed by atoms with van der Waals surface area (Å²) >= 11 is 1.38. The highest BCUT2D eigenvalue weighted by Crippen LogP contribution is 2.31. The lowest BCUT2D eigenvalue weighted by molar-refractivity contribution is -0.138. The number of hydrogen-bond donors (Lipinski definition) is 2. The van der Waals surface area contributed by atoms with Crippen LogP contribution in [-0.4, -0.2) is 39.6 Å². The molecule has 1 aromatic carbocycles. The number of amides is 1. The highest BCUT2D eigenvalue weighted by atomic mass is 32.1. The van der Waals surface area contributed by atoms with E-state index in [1.807, 2.05) is 36.9 Å². The van der Waals surface area contributed by atoms with Crippen molar-refractivity contribution in [2.24, 2.45) is 5.92 Å². The van der Waals surface area contributed by atoms with Gasteiger partial charge in [-0.15, -0.1) is 11.3 Å². The molecule has 0 saturated carbocycles. The molecule has 0 bridgehead atoms. The number of rotatable bonds is 4. The van der Waals surface area contributed by atoms with Crippen molar-refractivity contribution >= 4 is 22.4 Å². The maximum Gasteiger partial charge on any atom is 0.227 e. The molecule has 5 nitrogen and oxygen atoms in total. The number of carbonyl (C=O) groups is 1. The van der Waals surface area contributed by atoms with Crippen molar-refractivity contribution < 1.29 is 9.90 Å². The van der Waals surface area contributed by atoms with Crippen LogP contribution in [0, 0.1) is 12.8 Å². The van der Waals surface area contributed by atoms with E-state index in [2.05, 4.69) is 17.1 Å². The van der Waals surface area contributed by atoms with Gasteiger partial charge in [0.1, 0.15) is 0 Å². The number of nitrogens with zero attached hydrogens (tertiary/aromatic N) is 2. The fourth-order valence-electron chi connectivity index (χ4n) is 3.39. The van der Waals surface area contributed by atoms with Crippen LogP contribution < -0.4 is 5.73 Å². The zero-order valence-corrected chi connectivity index (χ0v) is 15.6. The van der Waals surface area contributed by atoms with Gasteiger partial charge in [-0.1, -0.05) is 30.3 Å². The van der Waals surface area contributed by atoms with E-state index < -0.39 is 5.60 Å². The van der Waals surface area contributed by atoms with Gasteiger partial charge in [0.05, 0.1) is 17.7 Å². The Labute approximate surface area is 152 Å². The zero-order valence-electron chi connectivity index (χ0n) is 14.7. The predicted octanol–water partition coefficient (Wildman–Crippen LogP) is 2.42. The van der Waals surface area contributed by atoms with E-state index >= 15 is 0 Å². The summed E-state index contributed by atoms with van der Waals surface area (Å²) in [6.07, 6.45) is 1.70. The van der Waals surface area contributed by atoms with Crippen LogP contribution in [0.2, 0.25) is 0 Å². The molecule has 1 amide bonds. The SMILES string of the molecule is Cc1nc(N)sc1CC(=O)N1CC[C@@](C)(O)[C@@H](Cc2ccccc2)C1. The van der Waals surface area contributed by atoms with Gasteiger partial charge >= 0.3 is 0 Å². The third kappa shape index (κ3) is 4.19. The Balaban J connectivity index is 1.69. The number of thiazole rings is 1. The largest absolute Gasteiger partial charge is 0.390 e. The molecule has 134 valence electrons. The Bertz CT molecular complexity index is 742. The second kappa shape index (κ2) is 7.14. The number of aryl methyl sites for hydroxylation is 1. The Morgan fingerprint density at radius 3 is 2.80 bits per heavy atom. The molecule has 1 aliphatic heterocycles. The number of aromatic nitrogens is 1. The number of anilines is 1. The average molecular weight is 359 g/mol. The van der Waals surface area contributed by atoms with Gasteiger partial charge in [0.2, 0.25) is 5.91 Å². The number of hydrogen-bond acceptors (Lipinski definition) is 5. The first-order valence-corrected chi connectivity index (χ1v) is 9.42. The summed E-state index contributed by atoms with van der Waals surface area (Å²) < 4.78 is 0. The monoisotopic (exact) mass is 359 g/mol. The molecular weight excluding hydrogens is 334 g/mol. The van der Waals surface area contributed by atoms with Gasteiger partial charge in [-0.05, 0) is 32.3 Å². The fourth-order valence-corrected chi connectivity index (χ4v) is 4.22. The van der Waals surface area contributed by atoms with Crippen LogP contribution in [0.5, 0.6) is 0 Å². The number of carbonyl (C=O) groups excluding carboxylic acids is 1. The summed E-state index contributed by atoms with van der Waals surface area (Å²) in [6, 6.07) is 10.1. The lowest BCUT2D eigenvalue weighted by Gasteiger charge is -2.43. The van der Waals surface area contributed by atoms with E-state index in [1.165, 1.54) is 16.9 Å². The summed E-state index contributed by atoms with van der Waals surface area (Å²) in [7, 11) is 0. The molecule has 0 unspecified atom stereocenters. The molecule has 2 aromatic rings. The Morgan fingerprint density at radius 2 is 2.16 bits per heavy atom. The molecular formula is C19H25N3O2S. The van der Waals surface area contributed by atoms with Crippen LogP contribution in [0.15, 0.2) is 30.3 Å². The molecule has 0 radical (unpaired) electrons. The van der Waals surface area contributed by atoms with Gasteiger partial charge in [0.25, 0.3) is 0 Å². The quantitative estimate of drug-likeness (QED) is 0.879. The molecule has 0 aliphatic carbocycles. The van der Waals surface area contributed by atoms with Gasteiger partial charge in [0.15, 0.2) is 5.13 Å². The maximum atomic E-state index is 12.7. The van der Waals surface area contributed by atoms with E-state index in [0.29, 0.717) is 31.1 Å². The molecule has 2 heterocycles. The van der Waals surface area contributed by atoms with E-state index in [0.717, 1.165) is 17.0 Å². The molecule has 1 fully saturated rings. The van der Waals surface area contributed by atoms with Crippen molar-refractivity contribution in [2.45, 2.75) is 38.7 Å². The minimum atomic E-state index is -0.753. The van der Waals surface area contributed by atoms with Gasteiger partial charge in [-0.2, -0.15) is 0 Å². The average Bonchev–Trinajstić information content (AvgIpc) is 2.87. The number of aliphatic hydroxyl groups is 1. The van der Waals surface area contributed by atoms with Crippen LogP contribution in [0.3, 0.4) is 0 Å². The summed E-state index contributed by atoms with van der Waals surface area (Å²) in [5, 5.41) is 11.3. The number of nitrogens with two attached hydrogens (primary N) is 1. The maximum absolute atomic E-state index is 12.7. The second-order valence-corrected chi connectivity index (χ2v) is 8.19. The van der Waals surface area contributed by atoms with Gasteiger partial charge in [-0.25, -0.2) is 4.98 Å². The smallest absolute Gasteiger partial charge is 0.227 e. The topological polar surface area (TPSA) is 79.5 Å². The molecule has 1 saturated heterocycles. The molecule has 6 heteroatoms. The third-order valence-electron chi connectivity index (χ3n) is 5.11. The first kappa shape index (κ1) is 17.9. The Kier molecular flexibility index (Phi) is 5.11. The summed E-state index contributed by atoms with van der Waals surface area (Å²) in [5.41, 5.74) is 7.00. The second-order valence-electron chi connectivity index (χ2n) is 7.07. The van der Waals surface area contributed by atoms with Crippen LogP contribution in [-0.2, 0) is 17.6 Å². The van der Waals surface area contributed by atoms with Crippen LogP contribution >= 0.6 is 11.3 Å². The lowest BCUT2D eigenvalue weighted by Crippen LogP contribution is -2.53. The molecule has 1 aromatic heterocycles. The molecule has 0 spiro atoms. The molecule has 3 rings (SSSR count). The Morgan fingerprint density at radius 1 is 1.44 bits per heavy atom. The highest BCUT2D eigenvalue weighted by molar-refractivity contribution is 7.15.